The van der Waals surface area contributed by atoms with Gasteiger partial charge < -0.3 is 9.42 Å². The van der Waals surface area contributed by atoms with Gasteiger partial charge in [0.2, 0.25) is 0 Å². The minimum Gasteiger partial charge on any atom is -0.334 e. The van der Waals surface area contributed by atoms with Gasteiger partial charge in [0.1, 0.15) is 0 Å². The Morgan fingerprint density at radius 2 is 2.22 bits per heavy atom. The maximum atomic E-state index is 8.92. The van der Waals surface area contributed by atoms with Crippen molar-refractivity contribution >= 4 is 48.0 Å². The van der Waals surface area contributed by atoms with Crippen molar-refractivity contribution < 1.29 is 9.42 Å². The Morgan fingerprint density at radius 3 is 2.33 bits per heavy atom. The van der Waals surface area contributed by atoms with Crippen molar-refractivity contribution in [3.63, 3.8) is 0 Å². The van der Waals surface area contributed by atoms with E-state index in [-0.39, 0.29) is 29.6 Å². The van der Waals surface area contributed by atoms with Gasteiger partial charge in [0.15, 0.2) is 0 Å². The molecule has 0 aromatic carbocycles. The molecule has 1 radical (unpaired) electrons. The molecule has 0 fully saturated rings. The molecule has 6 heteroatoms. The van der Waals surface area contributed by atoms with Gasteiger partial charge in [-0.1, -0.05) is 6.92 Å². The smallest absolute Gasteiger partial charge is 0.258 e. The van der Waals surface area contributed by atoms with E-state index in [2.05, 4.69) is 21.4 Å². The Balaban J connectivity index is 0. The number of nitrogens with one attached hydrogen (secondary N) is 1. The second kappa shape index (κ2) is 6.25. The molecule has 2 N–H and O–H groups in total. The van der Waals surface area contributed by atoms with Crippen LogP contribution in [0.25, 0.3) is 0 Å². The molecule has 0 amide bonds. The van der Waals surface area contributed by atoms with Crippen molar-refractivity contribution in [3.8, 4) is 0 Å². The number of hydrogen-bond acceptors (Lipinski definition) is 2. The van der Waals surface area contributed by atoms with Gasteiger partial charge in [0.25, 0.3) is 6.64 Å². The zero-order valence-corrected chi connectivity index (χ0v) is 9.63. The predicted molar refractivity (Wildman–Crippen MR) is 42.9 cm³/mol. The summed E-state index contributed by atoms with van der Waals surface area (Å²) in [5.41, 5.74) is 0. The SMILES string of the molecule is CCNP(O)(=S)OC.[Na]. The summed E-state index contributed by atoms with van der Waals surface area (Å²) in [4.78, 5) is 8.92. The fraction of sp³-hybridized carbons (Fsp3) is 1.00. The van der Waals surface area contributed by atoms with Gasteiger partial charge >= 0.3 is 0 Å². The van der Waals surface area contributed by atoms with E-state index in [9.17, 15) is 0 Å². The molecule has 0 rings (SSSR count). The van der Waals surface area contributed by atoms with E-state index in [1.807, 2.05) is 6.92 Å². The van der Waals surface area contributed by atoms with E-state index < -0.39 is 6.64 Å². The van der Waals surface area contributed by atoms with Gasteiger partial charge in [-0.25, -0.2) is 5.09 Å². The first-order valence-corrected chi connectivity index (χ1v) is 4.93. The van der Waals surface area contributed by atoms with E-state index >= 15 is 0 Å². The first kappa shape index (κ1) is 13.1. The molecule has 0 spiro atoms. The largest absolute Gasteiger partial charge is 0.334 e. The van der Waals surface area contributed by atoms with Crippen LogP contribution in [0.2, 0.25) is 0 Å². The van der Waals surface area contributed by atoms with Crippen molar-refractivity contribution in [2.75, 3.05) is 13.7 Å². The molecule has 0 aliphatic heterocycles. The maximum absolute atomic E-state index is 8.92. The van der Waals surface area contributed by atoms with Crippen LogP contribution in [0.5, 0.6) is 0 Å². The topological polar surface area (TPSA) is 41.5 Å². The van der Waals surface area contributed by atoms with Crippen molar-refractivity contribution in [1.29, 1.82) is 0 Å². The van der Waals surface area contributed by atoms with Gasteiger partial charge in [-0.2, -0.15) is 0 Å². The Morgan fingerprint density at radius 1 is 1.78 bits per heavy atom. The van der Waals surface area contributed by atoms with E-state index in [1.165, 1.54) is 7.11 Å². The van der Waals surface area contributed by atoms with Crippen molar-refractivity contribution in [2.24, 2.45) is 0 Å². The van der Waals surface area contributed by atoms with Crippen molar-refractivity contribution in [3.05, 3.63) is 0 Å². The third-order valence-corrected chi connectivity index (χ3v) is 2.65. The monoisotopic (exact) mass is 178 g/mol. The standard InChI is InChI=1S/C3H10NO2PS.Na/c1-3-4-7(5,8)6-2;/h3H2,1-2H3,(H2,4,5,8);. The molecule has 0 heterocycles. The van der Waals surface area contributed by atoms with Crippen LogP contribution in [0.1, 0.15) is 6.92 Å². The first-order valence-electron chi connectivity index (χ1n) is 2.26. The van der Waals surface area contributed by atoms with Crippen LogP contribution >= 0.6 is 6.64 Å². The van der Waals surface area contributed by atoms with Crippen molar-refractivity contribution in [2.45, 2.75) is 6.92 Å². The molecule has 0 aliphatic rings. The molecule has 9 heavy (non-hydrogen) atoms. The molecule has 0 aromatic heterocycles. The first-order chi connectivity index (χ1) is 3.62. The van der Waals surface area contributed by atoms with E-state index in [0.717, 1.165) is 0 Å². The Kier molecular flexibility index (Phi) is 9.13. The Bertz CT molecular complexity index is 112. The van der Waals surface area contributed by atoms with Crippen LogP contribution in [0.15, 0.2) is 0 Å². The fourth-order valence-electron chi connectivity index (χ4n) is 0.264. The molecule has 0 saturated heterocycles. The molecule has 51 valence electrons. The van der Waals surface area contributed by atoms with Crippen LogP contribution in [0.4, 0.5) is 0 Å². The zero-order chi connectivity index (χ0) is 6.62. The summed E-state index contributed by atoms with van der Waals surface area (Å²) in [5.74, 6) is 0. The summed E-state index contributed by atoms with van der Waals surface area (Å²) in [6, 6.07) is 0. The molecule has 0 bridgehead atoms. The van der Waals surface area contributed by atoms with E-state index in [1.54, 1.807) is 0 Å². The summed E-state index contributed by atoms with van der Waals surface area (Å²) in [6.07, 6.45) is 0. The average Bonchev–Trinajstić information content (AvgIpc) is 1.67. The predicted octanol–water partition coefficient (Wildman–Crippen LogP) is 0.0783. The van der Waals surface area contributed by atoms with E-state index in [0.29, 0.717) is 6.54 Å². The molecule has 0 aromatic rings. The summed E-state index contributed by atoms with van der Waals surface area (Å²) in [5, 5.41) is 2.63. The second-order valence-corrected chi connectivity index (χ2v) is 4.42. The van der Waals surface area contributed by atoms with Gasteiger partial charge in [-0.3, -0.25) is 0 Å². The third-order valence-electron chi connectivity index (χ3n) is 0.605. The van der Waals surface area contributed by atoms with E-state index in [4.69, 9.17) is 4.89 Å². The van der Waals surface area contributed by atoms with Crippen molar-refractivity contribution in [1.82, 2.24) is 5.09 Å². The number of rotatable bonds is 3. The molecular weight excluding hydrogens is 168 g/mol. The van der Waals surface area contributed by atoms with Crippen LogP contribution in [-0.4, -0.2) is 48.1 Å². The maximum Gasteiger partial charge on any atom is 0.258 e. The van der Waals surface area contributed by atoms with Gasteiger partial charge in [0.05, 0.1) is 0 Å². The molecule has 1 unspecified atom stereocenters. The molecule has 3 nitrogen and oxygen atoms in total. The summed E-state index contributed by atoms with van der Waals surface area (Å²) >= 11 is 4.58. The van der Waals surface area contributed by atoms with Gasteiger partial charge in [0, 0.05) is 43.2 Å². The fourth-order valence-corrected chi connectivity index (χ4v) is 1.18. The summed E-state index contributed by atoms with van der Waals surface area (Å²) in [6.45, 7) is -0.0922. The van der Waals surface area contributed by atoms with Crippen LogP contribution in [0, 0.1) is 0 Å². The Labute approximate surface area is 82.7 Å². The average molecular weight is 178 g/mol. The van der Waals surface area contributed by atoms with Crippen LogP contribution in [-0.2, 0) is 16.3 Å². The molecule has 0 saturated carbocycles. The van der Waals surface area contributed by atoms with Crippen LogP contribution < -0.4 is 5.09 Å². The van der Waals surface area contributed by atoms with Gasteiger partial charge in [-0.05, 0) is 11.8 Å². The molecule has 0 aliphatic carbocycles. The molecule has 1 atom stereocenters. The zero-order valence-electron chi connectivity index (χ0n) is 5.92. The minimum absolute atomic E-state index is 0. The quantitative estimate of drug-likeness (QED) is 0.474. The Hall–Kier alpha value is 1.53. The van der Waals surface area contributed by atoms with Gasteiger partial charge in [-0.15, -0.1) is 0 Å². The third kappa shape index (κ3) is 7.43. The summed E-state index contributed by atoms with van der Waals surface area (Å²) < 4.78 is 4.55. The summed E-state index contributed by atoms with van der Waals surface area (Å²) in [7, 11) is 1.39. The second-order valence-electron chi connectivity index (χ2n) is 1.21. The minimum atomic E-state index is -2.59. The normalized spacial score (nSPS) is 15.9. The molecular formula is C3H10NNaO2PS. The van der Waals surface area contributed by atoms with Crippen LogP contribution in [0.3, 0.4) is 0 Å². The number of hydrogen-bond donors (Lipinski definition) is 2.